The number of urea groups is 1. The third-order valence-electron chi connectivity index (χ3n) is 5.38. The number of piperazine rings is 1. The largest absolute Gasteiger partial charge is 0.354 e. The number of amides is 3. The van der Waals surface area contributed by atoms with Crippen LogP contribution in [-0.4, -0.2) is 65.1 Å². The molecule has 1 saturated carbocycles. The molecule has 24 heavy (non-hydrogen) atoms. The molecule has 1 aromatic heterocycles. The van der Waals surface area contributed by atoms with Crippen LogP contribution in [0.3, 0.4) is 0 Å². The Balaban J connectivity index is 1.35. The molecule has 3 heterocycles. The number of anilines is 1. The molecule has 0 spiro atoms. The monoisotopic (exact) mass is 329 g/mol. The van der Waals surface area contributed by atoms with E-state index in [9.17, 15) is 9.59 Å². The van der Waals surface area contributed by atoms with E-state index in [-0.39, 0.29) is 11.9 Å². The lowest BCUT2D eigenvalue weighted by molar-refractivity contribution is -0.133. The number of aromatic nitrogens is 1. The van der Waals surface area contributed by atoms with Gasteiger partial charge in [0.2, 0.25) is 0 Å². The Morgan fingerprint density at radius 2 is 1.96 bits per heavy atom. The molecule has 2 aliphatic heterocycles. The van der Waals surface area contributed by atoms with Crippen LogP contribution < -0.4 is 10.2 Å². The Morgan fingerprint density at radius 3 is 2.58 bits per heavy atom. The molecule has 7 nitrogen and oxygen atoms in total. The summed E-state index contributed by atoms with van der Waals surface area (Å²) in [5.41, 5.74) is -0.688. The van der Waals surface area contributed by atoms with Gasteiger partial charge in [-0.25, -0.2) is 14.7 Å². The molecule has 1 aromatic rings. The van der Waals surface area contributed by atoms with Gasteiger partial charge < -0.3 is 10.2 Å². The van der Waals surface area contributed by atoms with Crippen molar-refractivity contribution in [2.45, 2.75) is 25.3 Å². The molecule has 0 bridgehead atoms. The fourth-order valence-corrected chi connectivity index (χ4v) is 3.64. The van der Waals surface area contributed by atoms with Crippen molar-refractivity contribution >= 4 is 17.8 Å². The number of carbonyl (C=O) groups is 2. The Morgan fingerprint density at radius 1 is 1.21 bits per heavy atom. The second-order valence-electron chi connectivity index (χ2n) is 7.07. The number of carbonyl (C=O) groups excluding carboxylic acids is 2. The zero-order valence-electron chi connectivity index (χ0n) is 13.9. The molecular weight excluding hydrogens is 306 g/mol. The molecule has 1 N–H and O–H groups in total. The van der Waals surface area contributed by atoms with Crippen LogP contribution in [0.25, 0.3) is 0 Å². The molecule has 3 aliphatic rings. The first kappa shape index (κ1) is 15.4. The predicted molar refractivity (Wildman–Crippen MR) is 89.4 cm³/mol. The molecule has 1 atom stereocenters. The minimum Gasteiger partial charge on any atom is -0.354 e. The van der Waals surface area contributed by atoms with E-state index in [2.05, 4.69) is 20.1 Å². The highest BCUT2D eigenvalue weighted by Crippen LogP contribution is 2.42. The van der Waals surface area contributed by atoms with Crippen molar-refractivity contribution in [3.63, 3.8) is 0 Å². The SMILES string of the molecule is C[C@@]1(C2CC2)NC(=O)N(CN2CCN(c3ccccn3)CC2)C1=O. The molecule has 2 saturated heterocycles. The van der Waals surface area contributed by atoms with Gasteiger partial charge in [-0.15, -0.1) is 0 Å². The van der Waals surface area contributed by atoms with Crippen molar-refractivity contribution in [3.05, 3.63) is 24.4 Å². The molecule has 0 aromatic carbocycles. The average Bonchev–Trinajstić information content (AvgIpc) is 3.43. The van der Waals surface area contributed by atoms with E-state index in [1.165, 1.54) is 4.90 Å². The number of rotatable bonds is 4. The zero-order valence-corrected chi connectivity index (χ0v) is 13.9. The Labute approximate surface area is 141 Å². The maximum Gasteiger partial charge on any atom is 0.326 e. The fourth-order valence-electron chi connectivity index (χ4n) is 3.64. The summed E-state index contributed by atoms with van der Waals surface area (Å²) in [6, 6.07) is 5.66. The van der Waals surface area contributed by atoms with Gasteiger partial charge in [0.05, 0.1) is 6.67 Å². The van der Waals surface area contributed by atoms with Crippen LogP contribution in [0.4, 0.5) is 10.6 Å². The quantitative estimate of drug-likeness (QED) is 0.831. The lowest BCUT2D eigenvalue weighted by Crippen LogP contribution is -2.52. The second-order valence-corrected chi connectivity index (χ2v) is 7.07. The minimum absolute atomic E-state index is 0.0674. The van der Waals surface area contributed by atoms with E-state index in [1.807, 2.05) is 25.1 Å². The van der Waals surface area contributed by atoms with Gasteiger partial charge in [0.1, 0.15) is 11.4 Å². The van der Waals surface area contributed by atoms with E-state index in [0.717, 1.165) is 44.8 Å². The molecule has 4 rings (SSSR count). The summed E-state index contributed by atoms with van der Waals surface area (Å²) in [6.45, 7) is 5.57. The number of hydrogen-bond donors (Lipinski definition) is 1. The molecule has 7 heteroatoms. The van der Waals surface area contributed by atoms with Crippen molar-refractivity contribution in [1.82, 2.24) is 20.1 Å². The molecule has 128 valence electrons. The predicted octanol–water partition coefficient (Wildman–Crippen LogP) is 0.882. The van der Waals surface area contributed by atoms with Crippen LogP contribution in [0.15, 0.2) is 24.4 Å². The first-order chi connectivity index (χ1) is 11.6. The average molecular weight is 329 g/mol. The van der Waals surface area contributed by atoms with Gasteiger partial charge in [0, 0.05) is 32.4 Å². The smallest absolute Gasteiger partial charge is 0.326 e. The summed E-state index contributed by atoms with van der Waals surface area (Å²) in [6.07, 6.45) is 3.85. The number of imide groups is 1. The van der Waals surface area contributed by atoms with Gasteiger partial charge in [0.25, 0.3) is 5.91 Å². The van der Waals surface area contributed by atoms with Gasteiger partial charge in [-0.2, -0.15) is 0 Å². The molecule has 3 fully saturated rings. The lowest BCUT2D eigenvalue weighted by atomic mass is 9.96. The Hall–Kier alpha value is -2.15. The summed E-state index contributed by atoms with van der Waals surface area (Å²) in [5.74, 6) is 1.22. The number of hydrogen-bond acceptors (Lipinski definition) is 5. The van der Waals surface area contributed by atoms with Gasteiger partial charge in [-0.05, 0) is 37.8 Å². The van der Waals surface area contributed by atoms with Gasteiger partial charge >= 0.3 is 6.03 Å². The minimum atomic E-state index is -0.688. The number of pyridine rings is 1. The lowest BCUT2D eigenvalue weighted by Gasteiger charge is -2.36. The Bertz CT molecular complexity index is 640. The summed E-state index contributed by atoms with van der Waals surface area (Å²) in [5, 5.41) is 2.91. The first-order valence-electron chi connectivity index (χ1n) is 8.60. The third kappa shape index (κ3) is 2.62. The van der Waals surface area contributed by atoms with E-state index in [4.69, 9.17) is 0 Å². The highest BCUT2D eigenvalue weighted by atomic mass is 16.2. The third-order valence-corrected chi connectivity index (χ3v) is 5.38. The molecule has 1 aliphatic carbocycles. The van der Waals surface area contributed by atoms with Gasteiger partial charge in [-0.3, -0.25) is 9.69 Å². The highest BCUT2D eigenvalue weighted by Gasteiger charge is 2.56. The van der Waals surface area contributed by atoms with Crippen molar-refractivity contribution in [2.75, 3.05) is 37.7 Å². The Kier molecular flexibility index (Phi) is 3.68. The zero-order chi connectivity index (χ0) is 16.7. The van der Waals surface area contributed by atoms with Crippen LogP contribution in [0.2, 0.25) is 0 Å². The number of nitrogens with one attached hydrogen (secondary N) is 1. The van der Waals surface area contributed by atoms with Crippen LogP contribution in [-0.2, 0) is 4.79 Å². The number of nitrogens with zero attached hydrogens (tertiary/aromatic N) is 4. The molecular formula is C17H23N5O2. The van der Waals surface area contributed by atoms with E-state index in [1.54, 1.807) is 6.20 Å². The van der Waals surface area contributed by atoms with Crippen molar-refractivity contribution < 1.29 is 9.59 Å². The first-order valence-corrected chi connectivity index (χ1v) is 8.60. The van der Waals surface area contributed by atoms with Crippen molar-refractivity contribution in [1.29, 1.82) is 0 Å². The van der Waals surface area contributed by atoms with Crippen LogP contribution in [0.1, 0.15) is 19.8 Å². The maximum absolute atomic E-state index is 12.7. The van der Waals surface area contributed by atoms with Crippen LogP contribution >= 0.6 is 0 Å². The topological polar surface area (TPSA) is 68.8 Å². The van der Waals surface area contributed by atoms with E-state index in [0.29, 0.717) is 12.6 Å². The van der Waals surface area contributed by atoms with E-state index < -0.39 is 5.54 Å². The molecule has 3 amide bonds. The molecule has 0 radical (unpaired) electrons. The summed E-state index contributed by atoms with van der Waals surface area (Å²) in [7, 11) is 0. The maximum atomic E-state index is 12.7. The van der Waals surface area contributed by atoms with Gasteiger partial charge in [0.15, 0.2) is 0 Å². The van der Waals surface area contributed by atoms with E-state index >= 15 is 0 Å². The fraction of sp³-hybridized carbons (Fsp3) is 0.588. The molecule has 0 unspecified atom stereocenters. The standard InChI is InChI=1S/C17H23N5O2/c1-17(13-5-6-13)15(23)22(16(24)19-17)12-20-8-10-21(11-9-20)14-4-2-3-7-18-14/h2-4,7,13H,5-6,8-12H2,1H3,(H,19,24)/t17-/m0/s1. The van der Waals surface area contributed by atoms with Crippen molar-refractivity contribution in [2.24, 2.45) is 5.92 Å². The summed E-state index contributed by atoms with van der Waals surface area (Å²) < 4.78 is 0. The van der Waals surface area contributed by atoms with Gasteiger partial charge in [-0.1, -0.05) is 6.07 Å². The highest BCUT2D eigenvalue weighted by molar-refractivity contribution is 6.07. The summed E-state index contributed by atoms with van der Waals surface area (Å²) in [4.78, 5) is 35.1. The van der Waals surface area contributed by atoms with Crippen LogP contribution in [0.5, 0.6) is 0 Å². The second kappa shape index (κ2) is 5.73. The van der Waals surface area contributed by atoms with Crippen molar-refractivity contribution in [3.8, 4) is 0 Å². The summed E-state index contributed by atoms with van der Waals surface area (Å²) >= 11 is 0. The normalized spacial score (nSPS) is 28.4. The van der Waals surface area contributed by atoms with Crippen LogP contribution in [0, 0.1) is 5.92 Å².